The molecule has 1 aromatic carbocycles. The van der Waals surface area contributed by atoms with Crippen LogP contribution in [0.3, 0.4) is 0 Å². The lowest BCUT2D eigenvalue weighted by atomic mass is 9.84. The van der Waals surface area contributed by atoms with Crippen molar-refractivity contribution in [3.63, 3.8) is 0 Å². The lowest BCUT2D eigenvalue weighted by molar-refractivity contribution is -0.116. The standard InChI is InChI=1S/C18H28N2O3/c1-13(19-15-8-4-3-7-14(15)12-21)11-18(22)20-16-9-5-6-10-17(16)23-2/h5-6,9-10,13-15,19,21H,3-4,7-8,11-12H2,1-2H3,(H,20,22). The van der Waals surface area contributed by atoms with Crippen molar-refractivity contribution in [1.29, 1.82) is 0 Å². The van der Waals surface area contributed by atoms with Crippen LogP contribution >= 0.6 is 0 Å². The first-order valence-electron chi connectivity index (χ1n) is 8.43. The van der Waals surface area contributed by atoms with E-state index in [0.29, 0.717) is 29.8 Å². The van der Waals surface area contributed by atoms with Crippen LogP contribution in [-0.4, -0.2) is 36.8 Å². The molecule has 0 saturated heterocycles. The molecule has 1 aromatic rings. The molecule has 0 aliphatic heterocycles. The van der Waals surface area contributed by atoms with Gasteiger partial charge in [-0.15, -0.1) is 0 Å². The minimum absolute atomic E-state index is 0.0362. The maximum Gasteiger partial charge on any atom is 0.226 e. The van der Waals surface area contributed by atoms with Crippen molar-refractivity contribution in [3.05, 3.63) is 24.3 Å². The van der Waals surface area contributed by atoms with Crippen LogP contribution in [0.25, 0.3) is 0 Å². The Hall–Kier alpha value is -1.59. The highest BCUT2D eigenvalue weighted by Crippen LogP contribution is 2.25. The molecule has 1 saturated carbocycles. The summed E-state index contributed by atoms with van der Waals surface area (Å²) in [6.45, 7) is 2.24. The van der Waals surface area contributed by atoms with E-state index in [4.69, 9.17) is 4.74 Å². The molecule has 1 fully saturated rings. The van der Waals surface area contributed by atoms with E-state index >= 15 is 0 Å². The van der Waals surface area contributed by atoms with Gasteiger partial charge in [0, 0.05) is 25.1 Å². The SMILES string of the molecule is COc1ccccc1NC(=O)CC(C)NC1CCCCC1CO. The molecule has 0 bridgehead atoms. The lowest BCUT2D eigenvalue weighted by Gasteiger charge is -2.33. The third kappa shape index (κ3) is 5.22. The van der Waals surface area contributed by atoms with Crippen LogP contribution in [0, 0.1) is 5.92 Å². The minimum atomic E-state index is -0.0362. The Kier molecular flexibility index (Phi) is 6.86. The third-order valence-electron chi connectivity index (χ3n) is 4.51. The van der Waals surface area contributed by atoms with Gasteiger partial charge in [0.2, 0.25) is 5.91 Å². The predicted molar refractivity (Wildman–Crippen MR) is 91.7 cm³/mol. The summed E-state index contributed by atoms with van der Waals surface area (Å²) in [5.41, 5.74) is 0.693. The highest BCUT2D eigenvalue weighted by molar-refractivity contribution is 5.92. The first-order valence-corrected chi connectivity index (χ1v) is 8.43. The average Bonchev–Trinajstić information content (AvgIpc) is 2.55. The third-order valence-corrected chi connectivity index (χ3v) is 4.51. The van der Waals surface area contributed by atoms with Crippen LogP contribution in [0.5, 0.6) is 5.75 Å². The number of benzene rings is 1. The van der Waals surface area contributed by atoms with Crippen molar-refractivity contribution in [2.24, 2.45) is 5.92 Å². The Balaban J connectivity index is 1.84. The van der Waals surface area contributed by atoms with Crippen LogP contribution in [0.1, 0.15) is 39.0 Å². The topological polar surface area (TPSA) is 70.6 Å². The van der Waals surface area contributed by atoms with Gasteiger partial charge in [-0.05, 0) is 37.8 Å². The van der Waals surface area contributed by atoms with E-state index in [0.717, 1.165) is 12.8 Å². The Morgan fingerprint density at radius 1 is 1.35 bits per heavy atom. The maximum atomic E-state index is 12.2. The largest absolute Gasteiger partial charge is 0.495 e. The van der Waals surface area contributed by atoms with E-state index in [9.17, 15) is 9.90 Å². The fourth-order valence-corrected chi connectivity index (χ4v) is 3.30. The number of aliphatic hydroxyl groups excluding tert-OH is 1. The van der Waals surface area contributed by atoms with E-state index in [2.05, 4.69) is 10.6 Å². The molecule has 3 atom stereocenters. The summed E-state index contributed by atoms with van der Waals surface area (Å²) in [6, 6.07) is 7.78. The first kappa shape index (κ1) is 17.8. The molecule has 3 unspecified atom stereocenters. The predicted octanol–water partition coefficient (Wildman–Crippen LogP) is 2.55. The average molecular weight is 320 g/mol. The van der Waals surface area contributed by atoms with Gasteiger partial charge in [0.05, 0.1) is 12.8 Å². The molecule has 5 nitrogen and oxygen atoms in total. The van der Waals surface area contributed by atoms with Gasteiger partial charge in [-0.1, -0.05) is 25.0 Å². The van der Waals surface area contributed by atoms with Gasteiger partial charge in [-0.3, -0.25) is 4.79 Å². The van der Waals surface area contributed by atoms with Crippen LogP contribution in [-0.2, 0) is 4.79 Å². The highest BCUT2D eigenvalue weighted by atomic mass is 16.5. The molecule has 5 heteroatoms. The van der Waals surface area contributed by atoms with Crippen molar-refractivity contribution in [2.45, 2.75) is 51.1 Å². The minimum Gasteiger partial charge on any atom is -0.495 e. The second kappa shape index (κ2) is 8.89. The maximum absolute atomic E-state index is 12.2. The summed E-state index contributed by atoms with van der Waals surface area (Å²) in [5.74, 6) is 0.934. The Morgan fingerprint density at radius 2 is 2.09 bits per heavy atom. The highest BCUT2D eigenvalue weighted by Gasteiger charge is 2.26. The van der Waals surface area contributed by atoms with E-state index in [1.165, 1.54) is 12.8 Å². The number of hydrogen-bond acceptors (Lipinski definition) is 4. The zero-order valence-electron chi connectivity index (χ0n) is 14.0. The van der Waals surface area contributed by atoms with Gasteiger partial charge in [0.25, 0.3) is 0 Å². The Labute approximate surface area is 138 Å². The molecule has 1 aliphatic carbocycles. The number of anilines is 1. The van der Waals surface area contributed by atoms with E-state index in [1.54, 1.807) is 7.11 Å². The molecule has 0 radical (unpaired) electrons. The number of ether oxygens (including phenoxy) is 1. The van der Waals surface area contributed by atoms with Crippen molar-refractivity contribution >= 4 is 11.6 Å². The van der Waals surface area contributed by atoms with Gasteiger partial charge >= 0.3 is 0 Å². The van der Waals surface area contributed by atoms with Crippen molar-refractivity contribution in [2.75, 3.05) is 19.0 Å². The molecule has 23 heavy (non-hydrogen) atoms. The summed E-state index contributed by atoms with van der Waals surface area (Å²) in [5, 5.41) is 15.9. The summed E-state index contributed by atoms with van der Waals surface area (Å²) in [6.07, 6.45) is 4.91. The summed E-state index contributed by atoms with van der Waals surface area (Å²) in [7, 11) is 1.59. The number of aliphatic hydroxyl groups is 1. The second-order valence-corrected chi connectivity index (χ2v) is 6.35. The number of para-hydroxylation sites is 2. The molecule has 0 heterocycles. The normalized spacial score (nSPS) is 22.4. The molecule has 128 valence electrons. The quantitative estimate of drug-likeness (QED) is 0.722. The van der Waals surface area contributed by atoms with Gasteiger partial charge in [0.15, 0.2) is 0 Å². The van der Waals surface area contributed by atoms with Crippen LogP contribution in [0.2, 0.25) is 0 Å². The van der Waals surface area contributed by atoms with Gasteiger partial charge in [0.1, 0.15) is 5.75 Å². The van der Waals surface area contributed by atoms with Crippen molar-refractivity contribution in [3.8, 4) is 5.75 Å². The van der Waals surface area contributed by atoms with Crippen molar-refractivity contribution < 1.29 is 14.6 Å². The number of amides is 1. The molecule has 1 aliphatic rings. The van der Waals surface area contributed by atoms with Crippen LogP contribution in [0.15, 0.2) is 24.3 Å². The molecule has 2 rings (SSSR count). The van der Waals surface area contributed by atoms with Gasteiger partial charge in [-0.25, -0.2) is 0 Å². The van der Waals surface area contributed by atoms with Crippen LogP contribution in [0.4, 0.5) is 5.69 Å². The van der Waals surface area contributed by atoms with E-state index < -0.39 is 0 Å². The second-order valence-electron chi connectivity index (χ2n) is 6.35. The monoisotopic (exact) mass is 320 g/mol. The lowest BCUT2D eigenvalue weighted by Crippen LogP contribution is -2.45. The smallest absolute Gasteiger partial charge is 0.226 e. The van der Waals surface area contributed by atoms with Crippen LogP contribution < -0.4 is 15.4 Å². The van der Waals surface area contributed by atoms with Crippen molar-refractivity contribution in [1.82, 2.24) is 5.32 Å². The Morgan fingerprint density at radius 3 is 2.83 bits per heavy atom. The summed E-state index contributed by atoms with van der Waals surface area (Å²) < 4.78 is 5.24. The first-order chi connectivity index (χ1) is 11.1. The van der Waals surface area contributed by atoms with E-state index in [1.807, 2.05) is 31.2 Å². The molecule has 1 amide bonds. The molecular weight excluding hydrogens is 292 g/mol. The fraction of sp³-hybridized carbons (Fsp3) is 0.611. The summed E-state index contributed by atoms with van der Waals surface area (Å²) >= 11 is 0. The molecular formula is C18H28N2O3. The zero-order chi connectivity index (χ0) is 16.7. The number of carbonyl (C=O) groups excluding carboxylic acids is 1. The Bertz CT molecular complexity index is 507. The fourth-order valence-electron chi connectivity index (χ4n) is 3.30. The van der Waals surface area contributed by atoms with E-state index in [-0.39, 0.29) is 18.6 Å². The van der Waals surface area contributed by atoms with Gasteiger partial charge < -0.3 is 20.5 Å². The number of carbonyl (C=O) groups is 1. The molecule has 0 aromatic heterocycles. The molecule has 3 N–H and O–H groups in total. The molecule has 0 spiro atoms. The summed E-state index contributed by atoms with van der Waals surface area (Å²) in [4.78, 5) is 12.2. The van der Waals surface area contributed by atoms with Gasteiger partial charge in [-0.2, -0.15) is 0 Å². The zero-order valence-corrected chi connectivity index (χ0v) is 14.0. The number of methoxy groups -OCH3 is 1. The number of nitrogens with one attached hydrogen (secondary N) is 2. The number of hydrogen-bond donors (Lipinski definition) is 3. The number of rotatable bonds is 7.